The molecule has 1 aliphatic carbocycles. The van der Waals surface area contributed by atoms with Gasteiger partial charge in [0.25, 0.3) is 0 Å². The van der Waals surface area contributed by atoms with Gasteiger partial charge in [0.05, 0.1) is 0 Å². The summed E-state index contributed by atoms with van der Waals surface area (Å²) in [6.07, 6.45) is 1.98. The van der Waals surface area contributed by atoms with Gasteiger partial charge < -0.3 is 5.73 Å². The van der Waals surface area contributed by atoms with E-state index in [9.17, 15) is 4.39 Å². The van der Waals surface area contributed by atoms with E-state index >= 15 is 0 Å². The van der Waals surface area contributed by atoms with E-state index < -0.39 is 5.67 Å². The molecule has 1 heterocycles. The average Bonchev–Trinajstić information content (AvgIpc) is 2.89. The van der Waals surface area contributed by atoms with Crippen molar-refractivity contribution in [2.45, 2.75) is 25.4 Å². The summed E-state index contributed by atoms with van der Waals surface area (Å²) >= 11 is 1.53. The minimum Gasteiger partial charge on any atom is -0.327 e. The highest BCUT2D eigenvalue weighted by Gasteiger charge is 2.46. The Balaban J connectivity index is 2.29. The largest absolute Gasteiger partial charge is 0.327 e. The first-order valence-corrected chi connectivity index (χ1v) is 5.44. The predicted molar refractivity (Wildman–Crippen MR) is 53.6 cm³/mol. The summed E-state index contributed by atoms with van der Waals surface area (Å²) in [5.74, 6) is 0.176. The first-order valence-electron chi connectivity index (χ1n) is 4.62. The molecule has 0 saturated heterocycles. The maximum atomic E-state index is 14.3. The monoisotopic (exact) mass is 199 g/mol. The molecule has 1 nitrogen and oxygen atoms in total. The molecule has 1 fully saturated rings. The van der Waals surface area contributed by atoms with Crippen LogP contribution in [-0.4, -0.2) is 6.54 Å². The quantitative estimate of drug-likeness (QED) is 0.795. The first-order chi connectivity index (χ1) is 6.16. The fourth-order valence-electron chi connectivity index (χ4n) is 1.67. The maximum Gasteiger partial charge on any atom is 0.159 e. The first kappa shape index (κ1) is 9.16. The summed E-state index contributed by atoms with van der Waals surface area (Å²) < 4.78 is 14.3. The zero-order chi connectivity index (χ0) is 9.47. The minimum absolute atomic E-state index is 0.123. The van der Waals surface area contributed by atoms with Crippen molar-refractivity contribution in [1.29, 1.82) is 0 Å². The molecule has 0 amide bonds. The second-order valence-electron chi connectivity index (χ2n) is 3.75. The van der Waals surface area contributed by atoms with Gasteiger partial charge in [-0.3, -0.25) is 0 Å². The van der Waals surface area contributed by atoms with Crippen LogP contribution in [0.4, 0.5) is 4.39 Å². The molecule has 3 heteroatoms. The zero-order valence-corrected chi connectivity index (χ0v) is 8.53. The normalized spacial score (nSPS) is 21.5. The van der Waals surface area contributed by atoms with Gasteiger partial charge in [-0.05, 0) is 37.8 Å². The van der Waals surface area contributed by atoms with Crippen LogP contribution in [0.3, 0.4) is 0 Å². The van der Waals surface area contributed by atoms with Crippen LogP contribution in [-0.2, 0) is 5.67 Å². The van der Waals surface area contributed by atoms with Crippen LogP contribution in [0.1, 0.15) is 22.6 Å². The molecule has 72 valence electrons. The fraction of sp³-hybridized carbons (Fsp3) is 0.600. The van der Waals surface area contributed by atoms with Crippen LogP contribution in [0.2, 0.25) is 0 Å². The average molecular weight is 199 g/mol. The van der Waals surface area contributed by atoms with Crippen molar-refractivity contribution >= 4 is 11.3 Å². The second-order valence-corrected chi connectivity index (χ2v) is 5.04. The standard InChI is InChI=1S/C10H14FNS/c1-7-2-5-9(13-7)10(11,6-12)8-3-4-8/h2,5,8H,3-4,6,12H2,1H3. The number of halogens is 1. The zero-order valence-electron chi connectivity index (χ0n) is 7.72. The molecule has 1 saturated carbocycles. The molecule has 0 spiro atoms. The number of thiophene rings is 1. The van der Waals surface area contributed by atoms with Gasteiger partial charge in [0.2, 0.25) is 0 Å². The molecule has 2 N–H and O–H groups in total. The summed E-state index contributed by atoms with van der Waals surface area (Å²) in [7, 11) is 0. The van der Waals surface area contributed by atoms with Crippen molar-refractivity contribution < 1.29 is 4.39 Å². The Morgan fingerprint density at radius 3 is 2.69 bits per heavy atom. The molecule has 2 rings (SSSR count). The van der Waals surface area contributed by atoms with E-state index in [0.29, 0.717) is 0 Å². The van der Waals surface area contributed by atoms with E-state index in [0.717, 1.165) is 22.6 Å². The molecular formula is C10H14FNS. The van der Waals surface area contributed by atoms with Crippen LogP contribution < -0.4 is 5.73 Å². The highest BCUT2D eigenvalue weighted by molar-refractivity contribution is 7.12. The van der Waals surface area contributed by atoms with Crippen molar-refractivity contribution in [2.75, 3.05) is 6.54 Å². The molecule has 0 radical (unpaired) electrons. The summed E-state index contributed by atoms with van der Waals surface area (Å²) in [4.78, 5) is 1.97. The molecule has 1 aromatic rings. The number of hydrogen-bond acceptors (Lipinski definition) is 2. The Bertz CT molecular complexity index is 306. The topological polar surface area (TPSA) is 26.0 Å². The van der Waals surface area contributed by atoms with Gasteiger partial charge in [0.15, 0.2) is 5.67 Å². The van der Waals surface area contributed by atoms with Crippen molar-refractivity contribution in [3.05, 3.63) is 21.9 Å². The summed E-state index contributed by atoms with van der Waals surface area (Å²) in [6.45, 7) is 2.12. The smallest absolute Gasteiger partial charge is 0.159 e. The van der Waals surface area contributed by atoms with Gasteiger partial charge in [-0.15, -0.1) is 11.3 Å². The molecule has 0 aromatic carbocycles. The van der Waals surface area contributed by atoms with Gasteiger partial charge in [-0.25, -0.2) is 4.39 Å². The van der Waals surface area contributed by atoms with E-state index in [4.69, 9.17) is 5.73 Å². The van der Waals surface area contributed by atoms with Gasteiger partial charge in [0, 0.05) is 16.3 Å². The lowest BCUT2D eigenvalue weighted by Gasteiger charge is -2.21. The number of aryl methyl sites for hydroxylation is 1. The Hall–Kier alpha value is -0.410. The lowest BCUT2D eigenvalue weighted by Crippen LogP contribution is -2.31. The minimum atomic E-state index is -1.24. The van der Waals surface area contributed by atoms with Crippen molar-refractivity contribution in [1.82, 2.24) is 0 Å². The van der Waals surface area contributed by atoms with Crippen LogP contribution in [0, 0.1) is 12.8 Å². The Labute approximate surface area is 81.8 Å². The third-order valence-electron chi connectivity index (χ3n) is 2.67. The maximum absolute atomic E-state index is 14.3. The number of alkyl halides is 1. The van der Waals surface area contributed by atoms with Crippen LogP contribution >= 0.6 is 11.3 Å². The number of rotatable bonds is 3. The van der Waals surface area contributed by atoms with Crippen LogP contribution in [0.25, 0.3) is 0 Å². The lowest BCUT2D eigenvalue weighted by atomic mass is 9.98. The molecule has 1 atom stereocenters. The predicted octanol–water partition coefficient (Wildman–Crippen LogP) is 2.59. The van der Waals surface area contributed by atoms with E-state index in [1.807, 2.05) is 19.1 Å². The Morgan fingerprint density at radius 2 is 2.31 bits per heavy atom. The third kappa shape index (κ3) is 1.51. The number of hydrogen-bond donors (Lipinski definition) is 1. The highest BCUT2D eigenvalue weighted by Crippen LogP contribution is 2.49. The van der Waals surface area contributed by atoms with Crippen molar-refractivity contribution in [2.24, 2.45) is 11.7 Å². The Morgan fingerprint density at radius 1 is 1.62 bits per heavy atom. The number of nitrogens with two attached hydrogens (primary N) is 1. The summed E-state index contributed by atoms with van der Waals surface area (Å²) in [5.41, 5.74) is 4.28. The highest BCUT2D eigenvalue weighted by atomic mass is 32.1. The molecule has 1 aliphatic rings. The van der Waals surface area contributed by atoms with Crippen LogP contribution in [0.15, 0.2) is 12.1 Å². The van der Waals surface area contributed by atoms with Gasteiger partial charge >= 0.3 is 0 Å². The second kappa shape index (κ2) is 3.07. The van der Waals surface area contributed by atoms with Gasteiger partial charge in [0.1, 0.15) is 0 Å². The molecule has 1 unspecified atom stereocenters. The summed E-state index contributed by atoms with van der Waals surface area (Å²) in [5, 5.41) is 0. The Kier molecular flexibility index (Phi) is 2.16. The van der Waals surface area contributed by atoms with E-state index in [1.54, 1.807) is 0 Å². The summed E-state index contributed by atoms with van der Waals surface area (Å²) in [6, 6.07) is 3.84. The van der Waals surface area contributed by atoms with E-state index in [-0.39, 0.29) is 12.5 Å². The van der Waals surface area contributed by atoms with Crippen molar-refractivity contribution in [3.63, 3.8) is 0 Å². The molecule has 0 aliphatic heterocycles. The van der Waals surface area contributed by atoms with E-state index in [1.165, 1.54) is 11.3 Å². The van der Waals surface area contributed by atoms with Crippen molar-refractivity contribution in [3.8, 4) is 0 Å². The van der Waals surface area contributed by atoms with Gasteiger partial charge in [-0.1, -0.05) is 0 Å². The molecule has 0 bridgehead atoms. The SMILES string of the molecule is Cc1ccc(C(F)(CN)C2CC2)s1. The van der Waals surface area contributed by atoms with Gasteiger partial charge in [-0.2, -0.15) is 0 Å². The lowest BCUT2D eigenvalue weighted by molar-refractivity contribution is 0.148. The molecule has 1 aromatic heterocycles. The fourth-order valence-corrected chi connectivity index (χ4v) is 2.71. The van der Waals surface area contributed by atoms with E-state index in [2.05, 4.69) is 0 Å². The van der Waals surface area contributed by atoms with Crippen LogP contribution in [0.5, 0.6) is 0 Å². The molecule has 13 heavy (non-hydrogen) atoms. The molecular weight excluding hydrogens is 185 g/mol. The third-order valence-corrected chi connectivity index (χ3v) is 3.82.